The second kappa shape index (κ2) is 7.07. The van der Waals surface area contributed by atoms with Gasteiger partial charge in [-0.05, 0) is 36.8 Å². The summed E-state index contributed by atoms with van der Waals surface area (Å²) in [5.41, 5.74) is 4.59. The average molecular weight is 362 g/mol. The van der Waals surface area contributed by atoms with Crippen LogP contribution in [-0.4, -0.2) is 17.1 Å². The molecule has 0 bridgehead atoms. The summed E-state index contributed by atoms with van der Waals surface area (Å²) in [5.74, 6) is 0.143. The molecular formula is C17H16ClN3O2S. The van der Waals surface area contributed by atoms with Crippen molar-refractivity contribution in [1.82, 2.24) is 9.99 Å². The van der Waals surface area contributed by atoms with Crippen LogP contribution in [0.25, 0.3) is 10.2 Å². The Kier molecular flexibility index (Phi) is 4.87. The molecule has 7 heteroatoms. The van der Waals surface area contributed by atoms with Crippen LogP contribution in [0.5, 0.6) is 5.75 Å². The Hall–Kier alpha value is -2.31. The summed E-state index contributed by atoms with van der Waals surface area (Å²) in [6.07, 6.45) is 0. The van der Waals surface area contributed by atoms with Crippen molar-refractivity contribution < 1.29 is 9.53 Å². The molecule has 1 N–H and O–H groups in total. The number of benzene rings is 2. The number of ether oxygens (including phenoxy) is 1. The summed E-state index contributed by atoms with van der Waals surface area (Å²) < 4.78 is 8.49. The predicted molar refractivity (Wildman–Crippen MR) is 96.2 cm³/mol. The SMILES string of the molecule is Cc1ccc(Cl)c(OCC(=O)N/N=c2/sc3ccccc3n2C)c1. The van der Waals surface area contributed by atoms with Gasteiger partial charge in [-0.2, -0.15) is 0 Å². The highest BCUT2D eigenvalue weighted by Crippen LogP contribution is 2.25. The summed E-state index contributed by atoms with van der Waals surface area (Å²) in [6.45, 7) is 1.78. The number of fused-ring (bicyclic) bond motifs is 1. The fourth-order valence-electron chi connectivity index (χ4n) is 2.20. The van der Waals surface area contributed by atoms with E-state index in [2.05, 4.69) is 10.5 Å². The standard InChI is InChI=1S/C17H16ClN3O2S/c1-11-7-8-12(18)14(9-11)23-10-16(22)19-20-17-21(2)13-5-3-4-6-15(13)24-17/h3-9H,10H2,1-2H3,(H,19,22)/b20-17+. The molecule has 1 aromatic heterocycles. The molecule has 0 radical (unpaired) electrons. The Labute approximate surface area is 148 Å². The van der Waals surface area contributed by atoms with Crippen LogP contribution in [0.2, 0.25) is 5.02 Å². The Morgan fingerprint density at radius 2 is 2.12 bits per heavy atom. The number of carbonyl (C=O) groups excluding carboxylic acids is 1. The Bertz CT molecular complexity index is 962. The third kappa shape index (κ3) is 3.60. The van der Waals surface area contributed by atoms with Gasteiger partial charge in [-0.15, -0.1) is 5.10 Å². The minimum Gasteiger partial charge on any atom is -0.482 e. The number of nitrogens with zero attached hydrogens (tertiary/aromatic N) is 2. The second-order valence-corrected chi connectivity index (χ2v) is 6.70. The molecule has 124 valence electrons. The third-order valence-electron chi connectivity index (χ3n) is 3.44. The Morgan fingerprint density at radius 1 is 1.33 bits per heavy atom. The predicted octanol–water partition coefficient (Wildman–Crippen LogP) is 3.21. The van der Waals surface area contributed by atoms with E-state index in [0.717, 1.165) is 15.8 Å². The van der Waals surface area contributed by atoms with E-state index >= 15 is 0 Å². The molecule has 0 aliphatic heterocycles. The number of hydrogen-bond acceptors (Lipinski definition) is 4. The van der Waals surface area contributed by atoms with Crippen LogP contribution in [0.1, 0.15) is 5.56 Å². The zero-order valence-corrected chi connectivity index (χ0v) is 14.8. The first-order chi connectivity index (χ1) is 11.5. The summed E-state index contributed by atoms with van der Waals surface area (Å²) in [7, 11) is 1.91. The van der Waals surface area contributed by atoms with Crippen molar-refractivity contribution in [3.63, 3.8) is 0 Å². The zero-order chi connectivity index (χ0) is 17.1. The third-order valence-corrected chi connectivity index (χ3v) is 4.86. The first-order valence-corrected chi connectivity index (χ1v) is 8.50. The number of aryl methyl sites for hydroxylation is 2. The Balaban J connectivity index is 1.68. The van der Waals surface area contributed by atoms with Gasteiger partial charge in [0, 0.05) is 7.05 Å². The quantitative estimate of drug-likeness (QED) is 0.725. The van der Waals surface area contributed by atoms with Gasteiger partial charge in [0.15, 0.2) is 6.61 Å². The molecule has 0 saturated heterocycles. The molecule has 0 aliphatic carbocycles. The molecule has 0 unspecified atom stereocenters. The van der Waals surface area contributed by atoms with Crippen molar-refractivity contribution >= 4 is 39.1 Å². The van der Waals surface area contributed by atoms with Crippen molar-refractivity contribution in [2.45, 2.75) is 6.92 Å². The van der Waals surface area contributed by atoms with Crippen LogP contribution in [0, 0.1) is 6.92 Å². The molecule has 2 aromatic carbocycles. The maximum absolute atomic E-state index is 11.9. The topological polar surface area (TPSA) is 55.6 Å². The van der Waals surface area contributed by atoms with E-state index in [0.29, 0.717) is 15.6 Å². The fraction of sp³-hybridized carbons (Fsp3) is 0.176. The summed E-state index contributed by atoms with van der Waals surface area (Å²) >= 11 is 7.54. The number of para-hydroxylation sites is 1. The van der Waals surface area contributed by atoms with Crippen molar-refractivity contribution in [2.75, 3.05) is 6.61 Å². The maximum Gasteiger partial charge on any atom is 0.278 e. The van der Waals surface area contributed by atoms with Crippen molar-refractivity contribution in [1.29, 1.82) is 0 Å². The molecule has 1 amide bonds. The molecule has 24 heavy (non-hydrogen) atoms. The van der Waals surface area contributed by atoms with E-state index in [1.165, 1.54) is 11.3 Å². The van der Waals surface area contributed by atoms with Gasteiger partial charge in [-0.25, -0.2) is 5.43 Å². The van der Waals surface area contributed by atoms with Gasteiger partial charge >= 0.3 is 0 Å². The number of halogens is 1. The molecule has 5 nitrogen and oxygen atoms in total. The molecule has 0 saturated carbocycles. The summed E-state index contributed by atoms with van der Waals surface area (Å²) in [5, 5.41) is 4.64. The average Bonchev–Trinajstić information content (AvgIpc) is 2.90. The fourth-order valence-corrected chi connectivity index (χ4v) is 3.35. The highest BCUT2D eigenvalue weighted by atomic mass is 35.5. The van der Waals surface area contributed by atoms with Crippen LogP contribution in [0.15, 0.2) is 47.6 Å². The van der Waals surface area contributed by atoms with E-state index in [1.807, 2.05) is 48.9 Å². The molecular weight excluding hydrogens is 346 g/mol. The van der Waals surface area contributed by atoms with E-state index in [9.17, 15) is 4.79 Å². The molecule has 0 fully saturated rings. The smallest absolute Gasteiger partial charge is 0.278 e. The number of nitrogens with one attached hydrogen (secondary N) is 1. The number of amides is 1. The minimum absolute atomic E-state index is 0.152. The van der Waals surface area contributed by atoms with Crippen molar-refractivity contribution in [2.24, 2.45) is 12.1 Å². The first-order valence-electron chi connectivity index (χ1n) is 7.30. The van der Waals surface area contributed by atoms with Gasteiger partial charge in [0.25, 0.3) is 5.91 Å². The molecule has 3 rings (SSSR count). The van der Waals surface area contributed by atoms with E-state index < -0.39 is 0 Å². The first kappa shape index (κ1) is 16.5. The highest BCUT2D eigenvalue weighted by molar-refractivity contribution is 7.16. The maximum atomic E-state index is 11.9. The van der Waals surface area contributed by atoms with Crippen LogP contribution in [0.3, 0.4) is 0 Å². The summed E-state index contributed by atoms with van der Waals surface area (Å²) in [6, 6.07) is 13.4. The van der Waals surface area contributed by atoms with E-state index in [1.54, 1.807) is 12.1 Å². The van der Waals surface area contributed by atoms with Gasteiger partial charge in [-0.1, -0.05) is 41.1 Å². The number of thiazole rings is 1. The van der Waals surface area contributed by atoms with Gasteiger partial charge < -0.3 is 9.30 Å². The van der Waals surface area contributed by atoms with E-state index in [-0.39, 0.29) is 12.5 Å². The number of rotatable bonds is 4. The lowest BCUT2D eigenvalue weighted by Gasteiger charge is -2.07. The Morgan fingerprint density at radius 3 is 2.92 bits per heavy atom. The lowest BCUT2D eigenvalue weighted by Crippen LogP contribution is -2.27. The minimum atomic E-state index is -0.343. The largest absolute Gasteiger partial charge is 0.482 e. The van der Waals surface area contributed by atoms with E-state index in [4.69, 9.17) is 16.3 Å². The lowest BCUT2D eigenvalue weighted by atomic mass is 10.2. The number of aromatic nitrogens is 1. The van der Waals surface area contributed by atoms with Crippen LogP contribution < -0.4 is 15.0 Å². The van der Waals surface area contributed by atoms with Gasteiger partial charge in [0.1, 0.15) is 5.75 Å². The molecule has 1 heterocycles. The highest BCUT2D eigenvalue weighted by Gasteiger charge is 2.06. The normalized spacial score (nSPS) is 11.7. The molecule has 0 aliphatic rings. The monoisotopic (exact) mass is 361 g/mol. The lowest BCUT2D eigenvalue weighted by molar-refractivity contribution is -0.123. The van der Waals surface area contributed by atoms with Crippen molar-refractivity contribution in [3.8, 4) is 5.75 Å². The van der Waals surface area contributed by atoms with Crippen LogP contribution in [0.4, 0.5) is 0 Å². The number of hydrogen-bond donors (Lipinski definition) is 1. The van der Waals surface area contributed by atoms with Crippen LogP contribution in [-0.2, 0) is 11.8 Å². The molecule has 0 atom stereocenters. The van der Waals surface area contributed by atoms with Gasteiger partial charge in [-0.3, -0.25) is 4.79 Å². The second-order valence-electron chi connectivity index (χ2n) is 5.28. The number of carbonyl (C=O) groups is 1. The molecule has 3 aromatic rings. The summed E-state index contributed by atoms with van der Waals surface area (Å²) in [4.78, 5) is 12.6. The van der Waals surface area contributed by atoms with Crippen molar-refractivity contribution in [3.05, 3.63) is 57.9 Å². The zero-order valence-electron chi connectivity index (χ0n) is 13.2. The van der Waals surface area contributed by atoms with Gasteiger partial charge in [0.2, 0.25) is 4.80 Å². The van der Waals surface area contributed by atoms with Gasteiger partial charge in [0.05, 0.1) is 15.2 Å². The molecule has 0 spiro atoms. The van der Waals surface area contributed by atoms with Crippen LogP contribution >= 0.6 is 22.9 Å².